The first-order valence-corrected chi connectivity index (χ1v) is 47.7. The molecule has 0 aliphatic carbocycles. The first-order chi connectivity index (χ1) is 65.0. The Kier molecular flexibility index (Phi) is 29.4. The molecule has 3 aliphatic rings. The van der Waals surface area contributed by atoms with Gasteiger partial charge in [-0.3, -0.25) is 27.8 Å². The van der Waals surface area contributed by atoms with E-state index in [0.717, 1.165) is 44.2 Å². The Morgan fingerprint density at radius 2 is 1.10 bits per heavy atom. The number of rotatable bonds is 29. The summed E-state index contributed by atoms with van der Waals surface area (Å²) < 4.78 is 80.9. The van der Waals surface area contributed by atoms with Crippen molar-refractivity contribution >= 4 is 94.8 Å². The number of unbranched alkanes of at least 4 members (excludes halogenated alkanes) is 1. The second-order valence-electron chi connectivity index (χ2n) is 33.3. The summed E-state index contributed by atoms with van der Waals surface area (Å²) in [5, 5.41) is 70.6. The summed E-state index contributed by atoms with van der Waals surface area (Å²) in [6.45, 7) is 13.6. The minimum atomic E-state index is -4.47. The van der Waals surface area contributed by atoms with E-state index in [4.69, 9.17) is 66.9 Å². The van der Waals surface area contributed by atoms with Crippen LogP contribution in [0.3, 0.4) is 0 Å². The van der Waals surface area contributed by atoms with Crippen LogP contribution in [-0.4, -0.2) is 159 Å². The van der Waals surface area contributed by atoms with Gasteiger partial charge in [-0.15, -0.1) is 13.2 Å². The van der Waals surface area contributed by atoms with Gasteiger partial charge in [0.1, 0.15) is 70.3 Å². The first kappa shape index (κ1) is 94.1. The number of imidazole rings is 2. The quantitative estimate of drug-likeness (QED) is 0.00684. The lowest BCUT2D eigenvalue weighted by Crippen LogP contribution is -2.44. The number of hydrogen-bond donors (Lipinski definition) is 10. The van der Waals surface area contributed by atoms with Crippen LogP contribution in [0.2, 0.25) is 0 Å². The fourth-order valence-electron chi connectivity index (χ4n) is 16.9. The molecular weight excluding hydrogens is 1740 g/mol. The lowest BCUT2D eigenvalue weighted by molar-refractivity contribution is -0.146. The van der Waals surface area contributed by atoms with Gasteiger partial charge in [-0.1, -0.05) is 279 Å². The molecule has 6 bridgehead atoms. The molecule has 10 N–H and O–H groups in total. The van der Waals surface area contributed by atoms with Gasteiger partial charge in [0.25, 0.3) is 0 Å². The van der Waals surface area contributed by atoms with E-state index in [1.165, 1.54) is 44.9 Å². The second-order valence-corrected chi connectivity index (χ2v) is 36.7. The minimum Gasteiger partial charge on any atom is -0.465 e. The molecule has 30 nitrogen and oxygen atoms in total. The van der Waals surface area contributed by atoms with Crippen molar-refractivity contribution in [2.75, 3.05) is 60.8 Å². The number of aliphatic hydroxyl groups is 4. The standard InChI is InChI=1S/C52H56N7O8P.C50H52N7O8P/c1-5-7-20-33-64-48(61)36(3)58-68(63,67-42-31-21-23-37-22-18-19-30-41(37)42)65-34-43-45(60)51(4,62)49(66-43)59-35-54-44-46(53-32-8-6-2)55-50(56-47(44)59)57-52(38-24-12-9-13-25-38,39-26-14-10-15-27-39)40-28-16-11-17-29-40;1-34-46(59)62-31-18-5-3-4-17-30-51-44-42-45(54-48(53-44)55-50(36-22-9-6-10-23-36,37-24-11-7-12-25-37)38-26-13-8-14-27-38)57(33-52-42)47-49(2,60)43(58)41(64-47)32-63-66(61,56-34)65-40-29-19-21-35-20-15-16-28-39(35)40/h5-6,9-19,21-31,35-36,43,45,49,60,62H,1-2,7-8,20,32-34H2,3-4H3,(H,58,63)(H2,53,55,56,57);3-4,6-16,19-29,33-34,41,43,47,58,60H,5,17-18,30-32H2,1-2H3,(H,56,61)(H2,51,53,54,55)/t36-,43?,45+,49?,51+,68?;34-,41?,43+,47?,49+,66?/m00/s1. The Hall–Kier alpha value is -13.2. The molecule has 0 spiro atoms. The van der Waals surface area contributed by atoms with Crippen LogP contribution < -0.4 is 40.5 Å². The molecule has 0 saturated carbocycles. The molecule has 6 unspecified atom stereocenters. The number of esters is 2. The predicted octanol–water partition coefficient (Wildman–Crippen LogP) is 17.3. The number of cyclic esters (lactones) is 1. The van der Waals surface area contributed by atoms with Gasteiger partial charge >= 0.3 is 27.4 Å². The van der Waals surface area contributed by atoms with Crippen LogP contribution >= 0.6 is 15.5 Å². The van der Waals surface area contributed by atoms with Crippen molar-refractivity contribution in [3.8, 4) is 11.5 Å². The number of allylic oxidation sites excluding steroid dienone is 2. The highest BCUT2D eigenvalue weighted by atomic mass is 31.2. The van der Waals surface area contributed by atoms with Crippen LogP contribution in [0.25, 0.3) is 43.9 Å². The van der Waals surface area contributed by atoms with E-state index in [-0.39, 0.29) is 42.3 Å². The predicted molar refractivity (Wildman–Crippen MR) is 515 cm³/mol. The molecule has 2 saturated heterocycles. The highest BCUT2D eigenvalue weighted by Gasteiger charge is 2.57. The number of anilines is 4. The molecule has 17 rings (SSSR count). The van der Waals surface area contributed by atoms with Crippen molar-refractivity contribution in [2.24, 2.45) is 0 Å². The Bertz CT molecular complexity index is 6330. The van der Waals surface area contributed by atoms with Crippen molar-refractivity contribution in [1.29, 1.82) is 0 Å². The van der Waals surface area contributed by atoms with Crippen LogP contribution in [0.15, 0.2) is 317 Å². The number of nitrogens with one attached hydrogen (secondary N) is 6. The third-order valence-corrected chi connectivity index (χ3v) is 27.1. The van der Waals surface area contributed by atoms with E-state index in [1.807, 2.05) is 218 Å². The average Bonchev–Trinajstić information content (AvgIpc) is 1.47. The number of aliphatic hydroxyl groups excluding tert-OH is 2. The van der Waals surface area contributed by atoms with Crippen LogP contribution in [0, 0.1) is 0 Å². The monoisotopic (exact) mass is 1850 g/mol. The molecule has 3 aliphatic heterocycles. The van der Waals surface area contributed by atoms with E-state index in [9.17, 15) is 39.1 Å². The summed E-state index contributed by atoms with van der Waals surface area (Å²) in [5.74, 6) is 0.448. The maximum atomic E-state index is 14.8. The summed E-state index contributed by atoms with van der Waals surface area (Å²) in [6.07, 6.45) is 5.99. The van der Waals surface area contributed by atoms with Gasteiger partial charge in [-0.05, 0) is 123 Å². The summed E-state index contributed by atoms with van der Waals surface area (Å²) >= 11 is 0. The number of hydrogen-bond acceptors (Lipinski definition) is 26. The molecule has 2 fully saturated rings. The zero-order valence-corrected chi connectivity index (χ0v) is 76.3. The normalized spacial score (nSPS) is 22.0. The third-order valence-electron chi connectivity index (χ3n) is 23.8. The number of ether oxygens (including phenoxy) is 4. The summed E-state index contributed by atoms with van der Waals surface area (Å²) in [6, 6.07) is 83.4. The molecule has 692 valence electrons. The van der Waals surface area contributed by atoms with Crippen LogP contribution in [-0.2, 0) is 57.8 Å². The molecule has 32 heteroatoms. The van der Waals surface area contributed by atoms with Gasteiger partial charge in [-0.25, -0.2) is 19.1 Å². The Morgan fingerprint density at radius 1 is 0.619 bits per heavy atom. The molecule has 7 heterocycles. The number of benzene rings is 10. The fraction of sp³-hybridized carbons (Fsp3) is 0.275. The molecule has 134 heavy (non-hydrogen) atoms. The van der Waals surface area contributed by atoms with E-state index in [0.29, 0.717) is 90.7 Å². The van der Waals surface area contributed by atoms with Gasteiger partial charge in [0, 0.05) is 23.9 Å². The number of nitrogens with zero attached hydrogens (tertiary/aromatic N) is 8. The highest BCUT2D eigenvalue weighted by molar-refractivity contribution is 7.52. The zero-order valence-electron chi connectivity index (χ0n) is 74.5. The number of carbonyl (C=O) groups is 2. The summed E-state index contributed by atoms with van der Waals surface area (Å²) in [4.78, 5) is 55.9. The van der Waals surface area contributed by atoms with Gasteiger partial charge in [-0.2, -0.15) is 30.1 Å². The number of carbonyl (C=O) groups excluding carboxylic acids is 2. The largest absolute Gasteiger partial charge is 0.465 e. The molecule has 4 aromatic heterocycles. The van der Waals surface area contributed by atoms with Gasteiger partial charge in [0.05, 0.1) is 39.1 Å². The lowest BCUT2D eigenvalue weighted by Gasteiger charge is -2.37. The molecule has 0 radical (unpaired) electrons. The van der Waals surface area contributed by atoms with Crippen LogP contribution in [0.5, 0.6) is 11.5 Å². The highest BCUT2D eigenvalue weighted by Crippen LogP contribution is 2.52. The van der Waals surface area contributed by atoms with E-state index in [2.05, 4.69) is 81.0 Å². The molecule has 12 atom stereocenters. The Morgan fingerprint density at radius 3 is 1.65 bits per heavy atom. The fourth-order valence-corrected chi connectivity index (χ4v) is 20.0. The second kappa shape index (κ2) is 42.0. The lowest BCUT2D eigenvalue weighted by atomic mass is 9.77. The molecule has 0 amide bonds. The van der Waals surface area contributed by atoms with Crippen molar-refractivity contribution in [3.05, 3.63) is 350 Å². The van der Waals surface area contributed by atoms with Crippen LogP contribution in [0.1, 0.15) is 112 Å². The minimum absolute atomic E-state index is 0.134. The van der Waals surface area contributed by atoms with Gasteiger partial charge < -0.3 is 69.7 Å². The Labute approximate surface area is 776 Å². The maximum Gasteiger partial charge on any atom is 0.459 e. The number of aromatic nitrogens is 8. The Balaban J connectivity index is 0.000000195. The van der Waals surface area contributed by atoms with Gasteiger partial charge in [0.15, 0.2) is 46.4 Å². The van der Waals surface area contributed by atoms with Crippen molar-refractivity contribution in [3.63, 3.8) is 0 Å². The van der Waals surface area contributed by atoms with Crippen molar-refractivity contribution < 1.29 is 76.2 Å². The maximum absolute atomic E-state index is 14.8. The SMILES string of the molecule is C=CCCCOC(=O)[C@H](C)NP(=O)(OCC1OC(n2cnc3c(NCCC=C)nc(NC(c4ccccc4)(c4ccccc4)c4ccccc4)nc32)[C@](C)(O)[C@@H]1O)Oc1cccc2ccccc12.C[C@@H]1NP(=O)(Oc2cccc3ccccc23)OCC2OC(n3cnc4c(nc(NC(c5ccccc5)(c5ccccc5)c5ccccc5)nc43)NCCC=CCCCOC1=O)[C@](C)(O)[C@@H]2O. The smallest absolute Gasteiger partial charge is 0.459 e. The molecule has 10 aromatic carbocycles. The third kappa shape index (κ3) is 20.5. The van der Waals surface area contributed by atoms with E-state index < -0.39 is 112 Å². The zero-order chi connectivity index (χ0) is 93.5. The van der Waals surface area contributed by atoms with Crippen molar-refractivity contribution in [2.45, 2.75) is 137 Å². The van der Waals surface area contributed by atoms with Crippen molar-refractivity contribution in [1.82, 2.24) is 49.2 Å². The van der Waals surface area contributed by atoms with Gasteiger partial charge in [0.2, 0.25) is 11.9 Å². The first-order valence-electron chi connectivity index (χ1n) is 44.6. The average molecular weight is 1850 g/mol. The van der Waals surface area contributed by atoms with Crippen LogP contribution in [0.4, 0.5) is 23.5 Å². The molecular formula is C102H108N14O16P2. The molecule has 14 aromatic rings. The van der Waals surface area contributed by atoms with E-state index in [1.54, 1.807) is 41.0 Å². The number of fused-ring (bicyclic) bond motifs is 6. The summed E-state index contributed by atoms with van der Waals surface area (Å²) in [7, 11) is -8.91. The topological polar surface area (TPSA) is 382 Å². The van der Waals surface area contributed by atoms with E-state index >= 15 is 0 Å². The summed E-state index contributed by atoms with van der Waals surface area (Å²) in [5.41, 5.74) is 1.03.